The first-order chi connectivity index (χ1) is 7.50. The van der Waals surface area contributed by atoms with Crippen LogP contribution < -0.4 is 0 Å². The highest BCUT2D eigenvalue weighted by Gasteiger charge is 2.37. The minimum absolute atomic E-state index is 0.0337. The quantitative estimate of drug-likeness (QED) is 0.793. The first kappa shape index (κ1) is 10.7. The number of hydrogen-bond donors (Lipinski definition) is 1. The Morgan fingerprint density at radius 1 is 1.12 bits per heavy atom. The standard InChI is InChI=1S/C11H9F3N2/c1-7-9(11(12,13)14)10(16-15-7)8-5-3-2-4-6-8/h2-6H,1H3,(H,15,16). The Morgan fingerprint density at radius 2 is 1.75 bits per heavy atom. The summed E-state index contributed by atoms with van der Waals surface area (Å²) in [7, 11) is 0. The van der Waals surface area contributed by atoms with Gasteiger partial charge in [0, 0.05) is 11.3 Å². The molecule has 0 saturated carbocycles. The Balaban J connectivity index is 2.60. The van der Waals surface area contributed by atoms with Crippen LogP contribution in [-0.4, -0.2) is 10.2 Å². The van der Waals surface area contributed by atoms with Gasteiger partial charge >= 0.3 is 6.18 Å². The molecule has 84 valence electrons. The molecule has 0 amide bonds. The number of nitrogens with one attached hydrogen (secondary N) is 1. The summed E-state index contributed by atoms with van der Waals surface area (Å²) in [6, 6.07) is 8.31. The number of halogens is 3. The van der Waals surface area contributed by atoms with Crippen LogP contribution in [0.25, 0.3) is 11.3 Å². The molecule has 16 heavy (non-hydrogen) atoms. The molecule has 0 bridgehead atoms. The van der Waals surface area contributed by atoms with E-state index in [-0.39, 0.29) is 11.4 Å². The second-order valence-electron chi connectivity index (χ2n) is 3.44. The zero-order valence-electron chi connectivity index (χ0n) is 8.47. The molecule has 1 heterocycles. The van der Waals surface area contributed by atoms with Gasteiger partial charge in [-0.05, 0) is 6.92 Å². The van der Waals surface area contributed by atoms with Crippen LogP contribution in [-0.2, 0) is 6.18 Å². The van der Waals surface area contributed by atoms with Crippen molar-refractivity contribution in [2.75, 3.05) is 0 Å². The fourth-order valence-electron chi connectivity index (χ4n) is 1.58. The normalized spacial score (nSPS) is 11.8. The smallest absolute Gasteiger partial charge is 0.282 e. The third kappa shape index (κ3) is 1.80. The predicted molar refractivity (Wildman–Crippen MR) is 53.8 cm³/mol. The molecule has 1 aromatic carbocycles. The van der Waals surface area contributed by atoms with E-state index in [1.54, 1.807) is 30.3 Å². The Kier molecular flexibility index (Phi) is 2.46. The second kappa shape index (κ2) is 3.66. The summed E-state index contributed by atoms with van der Waals surface area (Å²) in [6.45, 7) is 1.36. The van der Waals surface area contributed by atoms with E-state index in [0.717, 1.165) is 0 Å². The van der Waals surface area contributed by atoms with Gasteiger partial charge in [0.25, 0.3) is 0 Å². The maximum absolute atomic E-state index is 12.8. The van der Waals surface area contributed by atoms with Crippen molar-refractivity contribution in [1.82, 2.24) is 10.2 Å². The van der Waals surface area contributed by atoms with Crippen molar-refractivity contribution in [3.8, 4) is 11.3 Å². The molecule has 1 aromatic heterocycles. The molecule has 1 N–H and O–H groups in total. The number of aromatic amines is 1. The molecular formula is C11H9F3N2. The molecule has 0 radical (unpaired) electrons. The summed E-state index contributed by atoms with van der Waals surface area (Å²) in [5.41, 5.74) is -0.255. The van der Waals surface area contributed by atoms with Gasteiger partial charge in [0.15, 0.2) is 0 Å². The zero-order chi connectivity index (χ0) is 11.8. The lowest BCUT2D eigenvalue weighted by Crippen LogP contribution is -2.07. The molecule has 2 nitrogen and oxygen atoms in total. The molecule has 2 rings (SSSR count). The van der Waals surface area contributed by atoms with Crippen LogP contribution in [0.5, 0.6) is 0 Å². The van der Waals surface area contributed by atoms with Crippen molar-refractivity contribution >= 4 is 0 Å². The second-order valence-corrected chi connectivity index (χ2v) is 3.44. The van der Waals surface area contributed by atoms with E-state index in [2.05, 4.69) is 10.2 Å². The summed E-state index contributed by atoms with van der Waals surface area (Å²) in [4.78, 5) is 0. The lowest BCUT2D eigenvalue weighted by Gasteiger charge is -2.07. The lowest BCUT2D eigenvalue weighted by molar-refractivity contribution is -0.137. The molecule has 0 spiro atoms. The molecule has 0 aliphatic carbocycles. The number of nitrogens with zero attached hydrogens (tertiary/aromatic N) is 1. The minimum atomic E-state index is -4.39. The number of aromatic nitrogens is 2. The highest BCUT2D eigenvalue weighted by molar-refractivity contribution is 5.64. The van der Waals surface area contributed by atoms with E-state index in [9.17, 15) is 13.2 Å². The van der Waals surface area contributed by atoms with Crippen molar-refractivity contribution < 1.29 is 13.2 Å². The largest absolute Gasteiger partial charge is 0.420 e. The van der Waals surface area contributed by atoms with Crippen LogP contribution in [0.15, 0.2) is 30.3 Å². The molecule has 0 saturated heterocycles. The minimum Gasteiger partial charge on any atom is -0.282 e. The predicted octanol–water partition coefficient (Wildman–Crippen LogP) is 3.40. The number of benzene rings is 1. The third-order valence-electron chi connectivity index (χ3n) is 2.28. The Hall–Kier alpha value is -1.78. The van der Waals surface area contributed by atoms with Gasteiger partial charge in [-0.3, -0.25) is 5.10 Å². The van der Waals surface area contributed by atoms with Crippen molar-refractivity contribution in [3.05, 3.63) is 41.6 Å². The van der Waals surface area contributed by atoms with Gasteiger partial charge in [-0.15, -0.1) is 0 Å². The van der Waals surface area contributed by atoms with Gasteiger partial charge in [-0.1, -0.05) is 30.3 Å². The van der Waals surface area contributed by atoms with Crippen LogP contribution in [0.4, 0.5) is 13.2 Å². The van der Waals surface area contributed by atoms with Gasteiger partial charge < -0.3 is 0 Å². The third-order valence-corrected chi connectivity index (χ3v) is 2.28. The number of hydrogen-bond acceptors (Lipinski definition) is 1. The summed E-state index contributed by atoms with van der Waals surface area (Å²) in [6.07, 6.45) is -4.39. The van der Waals surface area contributed by atoms with E-state index >= 15 is 0 Å². The fourth-order valence-corrected chi connectivity index (χ4v) is 1.58. The van der Waals surface area contributed by atoms with Crippen molar-refractivity contribution in [2.24, 2.45) is 0 Å². The van der Waals surface area contributed by atoms with Crippen molar-refractivity contribution in [2.45, 2.75) is 13.1 Å². The van der Waals surface area contributed by atoms with E-state index in [1.807, 2.05) is 0 Å². The van der Waals surface area contributed by atoms with Crippen LogP contribution in [0.3, 0.4) is 0 Å². The Labute approximate surface area is 90.1 Å². The molecule has 5 heteroatoms. The number of aryl methyl sites for hydroxylation is 1. The van der Waals surface area contributed by atoms with Gasteiger partial charge in [0.1, 0.15) is 11.3 Å². The molecule has 0 fully saturated rings. The molecule has 0 atom stereocenters. The summed E-state index contributed by atoms with van der Waals surface area (Å²) in [5.74, 6) is 0. The molecule has 0 aliphatic heterocycles. The number of rotatable bonds is 1. The van der Waals surface area contributed by atoms with Crippen LogP contribution in [0, 0.1) is 6.92 Å². The SMILES string of the molecule is Cc1[nH]nc(-c2ccccc2)c1C(F)(F)F. The van der Waals surface area contributed by atoms with Gasteiger partial charge in [0.05, 0.1) is 0 Å². The van der Waals surface area contributed by atoms with Gasteiger partial charge in [-0.25, -0.2) is 0 Å². The van der Waals surface area contributed by atoms with Crippen LogP contribution >= 0.6 is 0 Å². The molecule has 0 aliphatic rings. The maximum atomic E-state index is 12.8. The summed E-state index contributed by atoms with van der Waals surface area (Å²) in [5, 5.41) is 6.08. The molecule has 2 aromatic rings. The zero-order valence-corrected chi connectivity index (χ0v) is 8.47. The monoisotopic (exact) mass is 226 g/mol. The summed E-state index contributed by atoms with van der Waals surface area (Å²) < 4.78 is 38.3. The fraction of sp³-hybridized carbons (Fsp3) is 0.182. The van der Waals surface area contributed by atoms with E-state index in [4.69, 9.17) is 0 Å². The first-order valence-electron chi connectivity index (χ1n) is 4.67. The molecule has 0 unspecified atom stereocenters. The van der Waals surface area contributed by atoms with Crippen LogP contribution in [0.1, 0.15) is 11.3 Å². The Morgan fingerprint density at radius 3 is 2.31 bits per heavy atom. The first-order valence-corrected chi connectivity index (χ1v) is 4.67. The van der Waals surface area contributed by atoms with E-state index in [0.29, 0.717) is 5.56 Å². The van der Waals surface area contributed by atoms with Crippen LogP contribution in [0.2, 0.25) is 0 Å². The average Bonchev–Trinajstić information content (AvgIpc) is 2.61. The average molecular weight is 226 g/mol. The maximum Gasteiger partial charge on any atom is 0.420 e. The van der Waals surface area contributed by atoms with Gasteiger partial charge in [-0.2, -0.15) is 18.3 Å². The number of alkyl halides is 3. The van der Waals surface area contributed by atoms with Crippen molar-refractivity contribution in [3.63, 3.8) is 0 Å². The summed E-state index contributed by atoms with van der Waals surface area (Å²) >= 11 is 0. The molecular weight excluding hydrogens is 217 g/mol. The highest BCUT2D eigenvalue weighted by Crippen LogP contribution is 2.37. The van der Waals surface area contributed by atoms with E-state index in [1.165, 1.54) is 6.92 Å². The highest BCUT2D eigenvalue weighted by atomic mass is 19.4. The van der Waals surface area contributed by atoms with E-state index < -0.39 is 11.7 Å². The van der Waals surface area contributed by atoms with Crippen molar-refractivity contribution in [1.29, 1.82) is 0 Å². The van der Waals surface area contributed by atoms with Gasteiger partial charge in [0.2, 0.25) is 0 Å². The lowest BCUT2D eigenvalue weighted by atomic mass is 10.1. The number of H-pyrrole nitrogens is 1. The topological polar surface area (TPSA) is 28.7 Å². The Bertz CT molecular complexity index is 486.